The summed E-state index contributed by atoms with van der Waals surface area (Å²) in [5.74, 6) is 0.669. The Morgan fingerprint density at radius 1 is 1.15 bits per heavy atom. The van der Waals surface area contributed by atoms with E-state index in [2.05, 4.69) is 22.8 Å². The first-order valence-corrected chi connectivity index (χ1v) is 13.2. The SMILES string of the molecule is CCCCc1ccc(S(=O)(=O)Nc2cc(-c3cccs3)nn2-c2ccc(C#N)cc2OC)cc1. The molecule has 174 valence electrons. The van der Waals surface area contributed by atoms with Crippen LogP contribution in [0.5, 0.6) is 5.75 Å². The number of rotatable bonds is 9. The van der Waals surface area contributed by atoms with Crippen LogP contribution in [0.2, 0.25) is 0 Å². The summed E-state index contributed by atoms with van der Waals surface area (Å²) < 4.78 is 36.1. The fourth-order valence-corrected chi connectivity index (χ4v) is 5.23. The van der Waals surface area contributed by atoms with Crippen LogP contribution in [0.15, 0.2) is 70.9 Å². The molecule has 7 nitrogen and oxygen atoms in total. The summed E-state index contributed by atoms with van der Waals surface area (Å²) >= 11 is 1.50. The van der Waals surface area contributed by atoms with E-state index in [-0.39, 0.29) is 10.7 Å². The number of nitrogens with one attached hydrogen (secondary N) is 1. The Balaban J connectivity index is 1.75. The Morgan fingerprint density at radius 3 is 2.59 bits per heavy atom. The molecule has 0 radical (unpaired) electrons. The van der Waals surface area contributed by atoms with E-state index in [0.29, 0.717) is 22.7 Å². The zero-order valence-electron chi connectivity index (χ0n) is 18.9. The minimum absolute atomic E-state index is 0.171. The maximum atomic E-state index is 13.2. The number of benzene rings is 2. The summed E-state index contributed by atoms with van der Waals surface area (Å²) in [7, 11) is -2.38. The van der Waals surface area contributed by atoms with Crippen molar-refractivity contribution < 1.29 is 13.2 Å². The van der Waals surface area contributed by atoms with E-state index in [0.717, 1.165) is 29.7 Å². The van der Waals surface area contributed by atoms with Gasteiger partial charge in [0.2, 0.25) is 0 Å². The number of aryl methyl sites for hydroxylation is 1. The largest absolute Gasteiger partial charge is 0.494 e. The molecule has 1 N–H and O–H groups in total. The number of nitrogens with zero attached hydrogens (tertiary/aromatic N) is 3. The van der Waals surface area contributed by atoms with Crippen LogP contribution < -0.4 is 9.46 Å². The van der Waals surface area contributed by atoms with Crippen LogP contribution in [-0.4, -0.2) is 25.3 Å². The van der Waals surface area contributed by atoms with Crippen molar-refractivity contribution in [3.63, 3.8) is 0 Å². The molecule has 0 amide bonds. The molecular weight excluding hydrogens is 468 g/mol. The highest BCUT2D eigenvalue weighted by Crippen LogP contribution is 2.32. The molecule has 2 aromatic heterocycles. The van der Waals surface area contributed by atoms with Gasteiger partial charge in [-0.2, -0.15) is 10.4 Å². The number of ether oxygens (including phenoxy) is 1. The van der Waals surface area contributed by atoms with Gasteiger partial charge in [0.25, 0.3) is 10.0 Å². The number of thiophene rings is 1. The van der Waals surface area contributed by atoms with Gasteiger partial charge in [0.1, 0.15) is 22.9 Å². The number of anilines is 1. The maximum absolute atomic E-state index is 13.2. The molecule has 0 atom stereocenters. The van der Waals surface area contributed by atoms with Crippen LogP contribution in [0.1, 0.15) is 30.9 Å². The van der Waals surface area contributed by atoms with Crippen LogP contribution >= 0.6 is 11.3 Å². The number of hydrogen-bond acceptors (Lipinski definition) is 6. The molecule has 34 heavy (non-hydrogen) atoms. The summed E-state index contributed by atoms with van der Waals surface area (Å²) in [6, 6.07) is 19.5. The molecular formula is C25H24N4O3S2. The first-order chi connectivity index (χ1) is 16.4. The molecule has 0 unspecified atom stereocenters. The van der Waals surface area contributed by atoms with Crippen molar-refractivity contribution >= 4 is 27.2 Å². The van der Waals surface area contributed by atoms with Crippen LogP contribution in [0, 0.1) is 11.3 Å². The second-order valence-electron chi connectivity index (χ2n) is 7.66. The molecule has 0 saturated heterocycles. The number of methoxy groups -OCH3 is 1. The number of nitriles is 1. The molecule has 0 aliphatic heterocycles. The standard InChI is InChI=1S/C25H24N4O3S2/c1-3-4-6-18-8-11-20(12-9-18)34(30,31)28-25-16-21(24-7-5-14-33-24)27-29(25)22-13-10-19(17-26)15-23(22)32-2/h5,7-16,28H,3-4,6H2,1-2H3. The first-order valence-electron chi connectivity index (χ1n) is 10.8. The third kappa shape index (κ3) is 4.98. The molecule has 4 rings (SSSR count). The van der Waals surface area contributed by atoms with Gasteiger partial charge in [0.15, 0.2) is 0 Å². The maximum Gasteiger partial charge on any atom is 0.263 e. The molecule has 2 aromatic carbocycles. The smallest absolute Gasteiger partial charge is 0.263 e. The summed E-state index contributed by atoms with van der Waals surface area (Å²) in [5.41, 5.74) is 2.66. The van der Waals surface area contributed by atoms with Gasteiger partial charge in [-0.3, -0.25) is 4.72 Å². The lowest BCUT2D eigenvalue weighted by atomic mass is 10.1. The van der Waals surface area contributed by atoms with Crippen molar-refractivity contribution in [2.24, 2.45) is 0 Å². The Hall–Kier alpha value is -3.61. The van der Waals surface area contributed by atoms with Crippen molar-refractivity contribution in [3.8, 4) is 28.1 Å². The third-order valence-electron chi connectivity index (χ3n) is 5.31. The summed E-state index contributed by atoms with van der Waals surface area (Å²) in [6.07, 6.45) is 3.05. The average Bonchev–Trinajstić information content (AvgIpc) is 3.52. The van der Waals surface area contributed by atoms with Gasteiger partial charge >= 0.3 is 0 Å². The molecule has 0 fully saturated rings. The first kappa shape index (κ1) is 23.5. The predicted molar refractivity (Wildman–Crippen MR) is 134 cm³/mol. The fourth-order valence-electron chi connectivity index (χ4n) is 3.52. The lowest BCUT2D eigenvalue weighted by Gasteiger charge is -2.13. The summed E-state index contributed by atoms with van der Waals surface area (Å²) in [5, 5.41) is 15.8. The van der Waals surface area contributed by atoms with Crippen molar-refractivity contribution in [2.45, 2.75) is 31.1 Å². The zero-order valence-corrected chi connectivity index (χ0v) is 20.5. The predicted octanol–water partition coefficient (Wildman–Crippen LogP) is 5.62. The molecule has 9 heteroatoms. The highest BCUT2D eigenvalue weighted by atomic mass is 32.2. The molecule has 0 aliphatic rings. The number of unbranched alkanes of at least 4 members (excludes halogenated alkanes) is 1. The van der Waals surface area contributed by atoms with Gasteiger partial charge in [0, 0.05) is 12.1 Å². The fraction of sp³-hybridized carbons (Fsp3) is 0.200. The highest BCUT2D eigenvalue weighted by Gasteiger charge is 2.21. The van der Waals surface area contributed by atoms with Crippen molar-refractivity contribution in [1.82, 2.24) is 9.78 Å². The lowest BCUT2D eigenvalue weighted by molar-refractivity contribution is 0.412. The molecule has 0 aliphatic carbocycles. The molecule has 0 bridgehead atoms. The van der Waals surface area contributed by atoms with E-state index in [4.69, 9.17) is 4.74 Å². The topological polar surface area (TPSA) is 97.0 Å². The van der Waals surface area contributed by atoms with Gasteiger partial charge in [-0.15, -0.1) is 11.3 Å². The van der Waals surface area contributed by atoms with E-state index in [1.807, 2.05) is 29.6 Å². The Labute approximate surface area is 203 Å². The molecule has 0 spiro atoms. The Morgan fingerprint density at radius 2 is 1.94 bits per heavy atom. The van der Waals surface area contributed by atoms with Crippen LogP contribution in [0.25, 0.3) is 16.3 Å². The second-order valence-corrected chi connectivity index (χ2v) is 10.3. The quantitative estimate of drug-likeness (QED) is 0.327. The van der Waals surface area contributed by atoms with Gasteiger partial charge in [-0.1, -0.05) is 31.5 Å². The Kier molecular flexibility index (Phi) is 7.01. The van der Waals surface area contributed by atoms with E-state index in [1.165, 1.54) is 23.1 Å². The van der Waals surface area contributed by atoms with Crippen molar-refractivity contribution in [1.29, 1.82) is 5.26 Å². The summed E-state index contributed by atoms with van der Waals surface area (Å²) in [6.45, 7) is 2.12. The van der Waals surface area contributed by atoms with Crippen LogP contribution in [0.4, 0.5) is 5.82 Å². The van der Waals surface area contributed by atoms with Gasteiger partial charge in [-0.05, 0) is 54.1 Å². The number of aromatic nitrogens is 2. The lowest BCUT2D eigenvalue weighted by Crippen LogP contribution is -2.16. The van der Waals surface area contributed by atoms with E-state index >= 15 is 0 Å². The molecule has 4 aromatic rings. The van der Waals surface area contributed by atoms with Gasteiger partial charge < -0.3 is 4.74 Å². The number of sulfonamides is 1. The monoisotopic (exact) mass is 492 g/mol. The second kappa shape index (κ2) is 10.1. The highest BCUT2D eigenvalue weighted by molar-refractivity contribution is 7.92. The minimum Gasteiger partial charge on any atom is -0.494 e. The van der Waals surface area contributed by atoms with E-state index in [1.54, 1.807) is 36.4 Å². The Bertz CT molecular complexity index is 1420. The van der Waals surface area contributed by atoms with Gasteiger partial charge in [0.05, 0.1) is 28.5 Å². The minimum atomic E-state index is -3.87. The third-order valence-corrected chi connectivity index (χ3v) is 7.57. The average molecular weight is 493 g/mol. The van der Waals surface area contributed by atoms with Crippen molar-refractivity contribution in [2.75, 3.05) is 11.8 Å². The van der Waals surface area contributed by atoms with E-state index < -0.39 is 10.0 Å². The van der Waals surface area contributed by atoms with Crippen LogP contribution in [0.3, 0.4) is 0 Å². The van der Waals surface area contributed by atoms with Gasteiger partial charge in [-0.25, -0.2) is 13.1 Å². The van der Waals surface area contributed by atoms with Crippen LogP contribution in [-0.2, 0) is 16.4 Å². The van der Waals surface area contributed by atoms with E-state index in [9.17, 15) is 13.7 Å². The molecule has 0 saturated carbocycles. The normalized spacial score (nSPS) is 11.2. The van der Waals surface area contributed by atoms with Crippen molar-refractivity contribution in [3.05, 3.63) is 77.2 Å². The summed E-state index contributed by atoms with van der Waals surface area (Å²) in [4.78, 5) is 1.07. The zero-order chi connectivity index (χ0) is 24.1. The number of hydrogen-bond donors (Lipinski definition) is 1. The molecule has 2 heterocycles.